The van der Waals surface area contributed by atoms with E-state index in [9.17, 15) is 26.4 Å². The van der Waals surface area contributed by atoms with Crippen LogP contribution >= 0.6 is 0 Å². The Bertz CT molecular complexity index is 1070. The van der Waals surface area contributed by atoms with Crippen LogP contribution in [0, 0.1) is 17.5 Å². The zero-order valence-corrected chi connectivity index (χ0v) is 18.1. The van der Waals surface area contributed by atoms with Crippen LogP contribution in [-0.4, -0.2) is 27.1 Å². The van der Waals surface area contributed by atoms with Crippen molar-refractivity contribution in [2.24, 2.45) is 0 Å². The SMILES string of the molecule is CCCNc1cc(F)ccc1/C=C\C(=O)NC(C)c1cc(F)c(NS(C)(=O)=O)c(F)c1. The van der Waals surface area contributed by atoms with Gasteiger partial charge in [0, 0.05) is 18.3 Å². The molecule has 0 radical (unpaired) electrons. The number of carbonyl (C=O) groups excluding carboxylic acids is 1. The van der Waals surface area contributed by atoms with Crippen molar-refractivity contribution in [2.45, 2.75) is 26.3 Å². The van der Waals surface area contributed by atoms with Gasteiger partial charge in [-0.05, 0) is 60.9 Å². The number of carbonyl (C=O) groups is 1. The average molecular weight is 456 g/mol. The first-order valence-corrected chi connectivity index (χ1v) is 11.4. The van der Waals surface area contributed by atoms with Gasteiger partial charge in [0.2, 0.25) is 15.9 Å². The van der Waals surface area contributed by atoms with Crippen LogP contribution in [0.25, 0.3) is 6.08 Å². The summed E-state index contributed by atoms with van der Waals surface area (Å²) in [6.07, 6.45) is 4.34. The predicted molar refractivity (Wildman–Crippen MR) is 116 cm³/mol. The molecule has 2 aromatic rings. The first-order valence-electron chi connectivity index (χ1n) is 9.49. The Morgan fingerprint density at radius 1 is 1.13 bits per heavy atom. The van der Waals surface area contributed by atoms with Crippen molar-refractivity contribution in [1.29, 1.82) is 0 Å². The standard InChI is InChI=1S/C21H24F3N3O3S/c1-4-9-25-19-12-16(22)7-5-14(19)6-8-20(28)26-13(2)15-10-17(23)21(18(24)11-15)27-31(3,29)30/h5-8,10-13,25,27H,4,9H2,1-3H3,(H,26,28)/b8-6-. The van der Waals surface area contributed by atoms with Crippen molar-refractivity contribution >= 4 is 33.4 Å². The minimum Gasteiger partial charge on any atom is -0.384 e. The Kier molecular flexibility index (Phi) is 8.09. The third-order valence-corrected chi connectivity index (χ3v) is 4.78. The number of hydrogen-bond donors (Lipinski definition) is 3. The molecule has 0 heterocycles. The smallest absolute Gasteiger partial charge is 0.244 e. The maximum atomic E-state index is 14.2. The zero-order chi connectivity index (χ0) is 23.2. The van der Waals surface area contributed by atoms with Gasteiger partial charge in [0.25, 0.3) is 0 Å². The number of sulfonamides is 1. The monoisotopic (exact) mass is 455 g/mol. The highest BCUT2D eigenvalue weighted by molar-refractivity contribution is 7.92. The highest BCUT2D eigenvalue weighted by Gasteiger charge is 2.18. The largest absolute Gasteiger partial charge is 0.384 e. The Hall–Kier alpha value is -3.01. The summed E-state index contributed by atoms with van der Waals surface area (Å²) < 4.78 is 66.0. The van der Waals surface area contributed by atoms with Gasteiger partial charge in [0.1, 0.15) is 11.5 Å². The van der Waals surface area contributed by atoms with Crippen LogP contribution in [-0.2, 0) is 14.8 Å². The van der Waals surface area contributed by atoms with Crippen molar-refractivity contribution < 1.29 is 26.4 Å². The van der Waals surface area contributed by atoms with E-state index in [4.69, 9.17) is 0 Å². The predicted octanol–water partition coefficient (Wildman–Crippen LogP) is 4.19. The van der Waals surface area contributed by atoms with E-state index >= 15 is 0 Å². The third-order valence-electron chi connectivity index (χ3n) is 4.21. The summed E-state index contributed by atoms with van der Waals surface area (Å²) in [5, 5.41) is 5.64. The quantitative estimate of drug-likeness (QED) is 0.495. The Morgan fingerprint density at radius 2 is 1.77 bits per heavy atom. The van der Waals surface area contributed by atoms with Gasteiger partial charge >= 0.3 is 0 Å². The van der Waals surface area contributed by atoms with Crippen molar-refractivity contribution in [3.05, 3.63) is 65.0 Å². The van der Waals surface area contributed by atoms with Gasteiger partial charge in [-0.3, -0.25) is 9.52 Å². The van der Waals surface area contributed by atoms with Gasteiger partial charge in [-0.15, -0.1) is 0 Å². The molecule has 1 amide bonds. The molecule has 3 N–H and O–H groups in total. The fourth-order valence-electron chi connectivity index (χ4n) is 2.72. The number of anilines is 2. The second-order valence-corrected chi connectivity index (χ2v) is 8.70. The molecule has 10 heteroatoms. The van der Waals surface area contributed by atoms with Crippen LogP contribution in [0.4, 0.5) is 24.5 Å². The second kappa shape index (κ2) is 10.3. The van der Waals surface area contributed by atoms with E-state index in [1.165, 1.54) is 37.3 Å². The maximum Gasteiger partial charge on any atom is 0.244 e. The zero-order valence-electron chi connectivity index (χ0n) is 17.3. The lowest BCUT2D eigenvalue weighted by Gasteiger charge is -2.15. The molecule has 6 nitrogen and oxygen atoms in total. The van der Waals surface area contributed by atoms with E-state index in [0.29, 0.717) is 17.8 Å². The summed E-state index contributed by atoms with van der Waals surface area (Å²) in [6, 6.07) is 5.25. The van der Waals surface area contributed by atoms with E-state index in [1.807, 2.05) is 6.92 Å². The molecule has 0 aromatic heterocycles. The van der Waals surface area contributed by atoms with E-state index < -0.39 is 45.1 Å². The van der Waals surface area contributed by atoms with Crippen LogP contribution < -0.4 is 15.4 Å². The van der Waals surface area contributed by atoms with Crippen molar-refractivity contribution in [2.75, 3.05) is 22.8 Å². The average Bonchev–Trinajstić information content (AvgIpc) is 2.67. The summed E-state index contributed by atoms with van der Waals surface area (Å²) in [5.41, 5.74) is 0.471. The molecule has 2 aromatic carbocycles. The molecule has 31 heavy (non-hydrogen) atoms. The van der Waals surface area contributed by atoms with Crippen molar-refractivity contribution in [3.8, 4) is 0 Å². The van der Waals surface area contributed by atoms with Gasteiger partial charge in [-0.1, -0.05) is 6.92 Å². The highest BCUT2D eigenvalue weighted by Crippen LogP contribution is 2.25. The van der Waals surface area contributed by atoms with E-state index in [-0.39, 0.29) is 5.56 Å². The topological polar surface area (TPSA) is 87.3 Å². The minimum absolute atomic E-state index is 0.114. The molecular formula is C21H24F3N3O3S. The fourth-order valence-corrected chi connectivity index (χ4v) is 3.29. The molecule has 2 rings (SSSR count). The number of halogens is 3. The molecular weight excluding hydrogens is 431 g/mol. The first kappa shape index (κ1) is 24.3. The van der Waals surface area contributed by atoms with E-state index in [0.717, 1.165) is 24.8 Å². The second-order valence-electron chi connectivity index (χ2n) is 6.96. The van der Waals surface area contributed by atoms with Crippen LogP contribution in [0.2, 0.25) is 0 Å². The molecule has 1 atom stereocenters. The highest BCUT2D eigenvalue weighted by atomic mass is 32.2. The fraction of sp³-hybridized carbons (Fsp3) is 0.286. The minimum atomic E-state index is -3.86. The molecule has 0 saturated heterocycles. The number of nitrogens with one attached hydrogen (secondary N) is 3. The molecule has 0 spiro atoms. The summed E-state index contributed by atoms with van der Waals surface area (Å²) in [7, 11) is -3.86. The van der Waals surface area contributed by atoms with Gasteiger partial charge in [0.15, 0.2) is 11.6 Å². The maximum absolute atomic E-state index is 14.2. The van der Waals surface area contributed by atoms with Gasteiger partial charge in [0.05, 0.1) is 12.3 Å². The summed E-state index contributed by atoms with van der Waals surface area (Å²) in [4.78, 5) is 12.2. The van der Waals surface area contributed by atoms with E-state index in [1.54, 1.807) is 4.72 Å². The molecule has 0 aliphatic carbocycles. The van der Waals surface area contributed by atoms with Crippen LogP contribution in [0.1, 0.15) is 37.4 Å². The van der Waals surface area contributed by atoms with Crippen LogP contribution in [0.5, 0.6) is 0 Å². The Labute approximate surface area is 179 Å². The van der Waals surface area contributed by atoms with Crippen LogP contribution in [0.3, 0.4) is 0 Å². The molecule has 0 aliphatic heterocycles. The number of benzene rings is 2. The Balaban J connectivity index is 2.13. The summed E-state index contributed by atoms with van der Waals surface area (Å²) >= 11 is 0. The lowest BCUT2D eigenvalue weighted by molar-refractivity contribution is -0.117. The van der Waals surface area contributed by atoms with Crippen molar-refractivity contribution in [1.82, 2.24) is 5.32 Å². The number of rotatable bonds is 9. The molecule has 0 fully saturated rings. The van der Waals surface area contributed by atoms with Crippen molar-refractivity contribution in [3.63, 3.8) is 0 Å². The molecule has 0 saturated carbocycles. The van der Waals surface area contributed by atoms with Gasteiger partial charge in [-0.25, -0.2) is 21.6 Å². The summed E-state index contributed by atoms with van der Waals surface area (Å²) in [6.45, 7) is 4.12. The lowest BCUT2D eigenvalue weighted by Crippen LogP contribution is -2.25. The normalized spacial score (nSPS) is 12.6. The van der Waals surface area contributed by atoms with Crippen LogP contribution in [0.15, 0.2) is 36.4 Å². The molecule has 0 aliphatic rings. The molecule has 168 valence electrons. The third kappa shape index (κ3) is 7.32. The number of hydrogen-bond acceptors (Lipinski definition) is 4. The van der Waals surface area contributed by atoms with E-state index in [2.05, 4.69) is 10.6 Å². The first-order chi connectivity index (χ1) is 14.5. The number of amides is 1. The van der Waals surface area contributed by atoms with Gasteiger partial charge in [-0.2, -0.15) is 0 Å². The lowest BCUT2D eigenvalue weighted by atomic mass is 10.1. The Morgan fingerprint density at radius 3 is 2.35 bits per heavy atom. The molecule has 1 unspecified atom stereocenters. The summed E-state index contributed by atoms with van der Waals surface area (Å²) in [5.74, 6) is -3.14. The van der Waals surface area contributed by atoms with Gasteiger partial charge < -0.3 is 10.6 Å². The molecule has 0 bridgehead atoms.